The van der Waals surface area contributed by atoms with Gasteiger partial charge in [0.2, 0.25) is 0 Å². The number of hydrogen-bond donors (Lipinski definition) is 2. The van der Waals surface area contributed by atoms with Gasteiger partial charge in [0.15, 0.2) is 17.1 Å². The van der Waals surface area contributed by atoms with Gasteiger partial charge in [0.25, 0.3) is 6.43 Å². The van der Waals surface area contributed by atoms with Crippen molar-refractivity contribution in [3.8, 4) is 28.5 Å². The largest absolute Gasteiger partial charge is 0.466 e. The number of fused-ring (bicyclic) bond motifs is 4. The first kappa shape index (κ1) is 32.2. The number of halogens is 7. The molecule has 0 unspecified atom stereocenters. The highest BCUT2D eigenvalue weighted by molar-refractivity contribution is 6.35. The average molecular weight is 715 g/mol. The maximum absolute atomic E-state index is 13.6. The first-order valence-corrected chi connectivity index (χ1v) is 15.2. The fourth-order valence-corrected chi connectivity index (χ4v) is 5.98. The van der Waals surface area contributed by atoms with Crippen LogP contribution in [0.3, 0.4) is 0 Å². The van der Waals surface area contributed by atoms with Crippen molar-refractivity contribution in [2.45, 2.75) is 25.9 Å². The van der Waals surface area contributed by atoms with E-state index in [1.54, 1.807) is 30.5 Å². The van der Waals surface area contributed by atoms with Crippen molar-refractivity contribution in [1.29, 1.82) is 0 Å². The van der Waals surface area contributed by atoms with Crippen LogP contribution < -0.4 is 4.74 Å². The summed E-state index contributed by atoms with van der Waals surface area (Å²) in [5.74, 6) is 0.596. The lowest BCUT2D eigenvalue weighted by atomic mass is 10.0. The summed E-state index contributed by atoms with van der Waals surface area (Å²) < 4.78 is 75.3. The standard InChI is InChI=1S/C16H12ClF2N5.C15H9ClF3N5O/c1-2-12-21-13-4-3-10(16(18)19)15(24(13)23-12)8-5-9-7-20-22-14(9)11(17)6-8;1-25-14-21-11-3-2-9(15(17,18)19)13(24(11)23-14)7-4-8-6-20-22-12(8)10(16)5-7/h3-7,16H,2H2,1H3,(H,20,22);2-6H,1H3,(H,20,22). The summed E-state index contributed by atoms with van der Waals surface area (Å²) in [6, 6.07) is 11.5. The molecule has 6 aromatic heterocycles. The van der Waals surface area contributed by atoms with Gasteiger partial charge in [-0.15, -0.1) is 5.10 Å². The Balaban J connectivity index is 0.000000154. The monoisotopic (exact) mass is 714 g/mol. The third-order valence-electron chi connectivity index (χ3n) is 7.64. The van der Waals surface area contributed by atoms with Gasteiger partial charge in [0, 0.05) is 33.9 Å². The Hall–Kier alpha value is -5.35. The van der Waals surface area contributed by atoms with Crippen LogP contribution in [0, 0.1) is 0 Å². The van der Waals surface area contributed by atoms with Gasteiger partial charge in [-0.25, -0.2) is 22.8 Å². The molecular formula is C31H21Cl2F5N10O. The summed E-state index contributed by atoms with van der Waals surface area (Å²) in [5, 5.41) is 23.6. The lowest BCUT2D eigenvalue weighted by Gasteiger charge is -2.14. The van der Waals surface area contributed by atoms with Crippen LogP contribution in [-0.4, -0.2) is 56.7 Å². The van der Waals surface area contributed by atoms with Crippen molar-refractivity contribution in [2.75, 3.05) is 7.11 Å². The molecule has 2 N–H and O–H groups in total. The summed E-state index contributed by atoms with van der Waals surface area (Å²) in [7, 11) is 1.34. The molecule has 18 heteroatoms. The van der Waals surface area contributed by atoms with Crippen molar-refractivity contribution < 1.29 is 26.7 Å². The molecule has 6 heterocycles. The normalized spacial score (nSPS) is 12.0. The molecular weight excluding hydrogens is 694 g/mol. The number of H-pyrrole nitrogens is 2. The highest BCUT2D eigenvalue weighted by atomic mass is 35.5. The minimum Gasteiger partial charge on any atom is -0.466 e. The van der Waals surface area contributed by atoms with Gasteiger partial charge in [-0.05, 0) is 48.5 Å². The topological polar surface area (TPSA) is 127 Å². The average Bonchev–Trinajstić information content (AvgIpc) is 3.88. The smallest absolute Gasteiger partial charge is 0.418 e. The predicted molar refractivity (Wildman–Crippen MR) is 172 cm³/mol. The van der Waals surface area contributed by atoms with Crippen LogP contribution in [0.4, 0.5) is 22.0 Å². The molecule has 250 valence electrons. The van der Waals surface area contributed by atoms with Crippen LogP contribution in [0.25, 0.3) is 55.6 Å². The Bertz CT molecular complexity index is 2500. The molecule has 0 amide bonds. The van der Waals surface area contributed by atoms with Crippen molar-refractivity contribution >= 4 is 56.3 Å². The maximum atomic E-state index is 13.6. The number of ether oxygens (including phenoxy) is 1. The summed E-state index contributed by atoms with van der Waals surface area (Å²) in [6.45, 7) is 1.91. The Labute approximate surface area is 281 Å². The second-order valence-electron chi connectivity index (χ2n) is 10.6. The molecule has 0 aliphatic rings. The zero-order valence-corrected chi connectivity index (χ0v) is 26.7. The van der Waals surface area contributed by atoms with Gasteiger partial charge in [-0.1, -0.05) is 30.1 Å². The van der Waals surface area contributed by atoms with E-state index in [1.807, 2.05) is 6.92 Å². The van der Waals surface area contributed by atoms with E-state index in [2.05, 4.69) is 40.6 Å². The molecule has 0 saturated heterocycles. The molecule has 0 saturated carbocycles. The molecule has 0 aliphatic carbocycles. The van der Waals surface area contributed by atoms with Crippen molar-refractivity contribution in [2.24, 2.45) is 0 Å². The number of methoxy groups -OCH3 is 1. The van der Waals surface area contributed by atoms with E-state index in [-0.39, 0.29) is 33.5 Å². The number of aromatic nitrogens is 10. The van der Waals surface area contributed by atoms with Gasteiger partial charge in [0.05, 0.1) is 57.5 Å². The summed E-state index contributed by atoms with van der Waals surface area (Å²) >= 11 is 12.4. The Morgan fingerprint density at radius 3 is 1.94 bits per heavy atom. The van der Waals surface area contributed by atoms with Crippen molar-refractivity contribution in [3.05, 3.63) is 87.9 Å². The summed E-state index contributed by atoms with van der Waals surface area (Å²) in [5.41, 5.74) is 1.89. The minimum absolute atomic E-state index is 0.0314. The van der Waals surface area contributed by atoms with Crippen molar-refractivity contribution in [3.63, 3.8) is 0 Å². The number of pyridine rings is 2. The molecule has 0 radical (unpaired) electrons. The number of nitrogens with zero attached hydrogens (tertiary/aromatic N) is 8. The number of aromatic amines is 2. The molecule has 0 bridgehead atoms. The maximum Gasteiger partial charge on any atom is 0.418 e. The highest BCUT2D eigenvalue weighted by Gasteiger charge is 2.36. The molecule has 0 spiro atoms. The highest BCUT2D eigenvalue weighted by Crippen LogP contribution is 2.40. The lowest BCUT2D eigenvalue weighted by molar-refractivity contribution is -0.137. The molecule has 0 aliphatic heterocycles. The van der Waals surface area contributed by atoms with E-state index in [0.29, 0.717) is 50.6 Å². The number of rotatable bonds is 5. The number of hydrogen-bond acceptors (Lipinski definition) is 7. The first-order valence-electron chi connectivity index (χ1n) is 14.4. The molecule has 8 aromatic rings. The number of alkyl halides is 5. The number of aryl methyl sites for hydroxylation is 1. The molecule has 2 aromatic carbocycles. The van der Waals surface area contributed by atoms with Gasteiger partial charge in [-0.2, -0.15) is 33.5 Å². The van der Waals surface area contributed by atoms with Crippen LogP contribution >= 0.6 is 23.2 Å². The zero-order valence-electron chi connectivity index (χ0n) is 25.2. The van der Waals surface area contributed by atoms with E-state index in [9.17, 15) is 22.0 Å². The van der Waals surface area contributed by atoms with Crippen LogP contribution in [0.15, 0.2) is 60.9 Å². The quantitative estimate of drug-likeness (QED) is 0.172. The molecule has 0 atom stereocenters. The molecule has 8 rings (SSSR count). The van der Waals surface area contributed by atoms with Crippen LogP contribution in [0.2, 0.25) is 10.0 Å². The third-order valence-corrected chi connectivity index (χ3v) is 8.24. The predicted octanol–water partition coefficient (Wildman–Crippen LogP) is 8.38. The minimum atomic E-state index is -4.58. The fourth-order valence-electron chi connectivity index (χ4n) is 5.44. The summed E-state index contributed by atoms with van der Waals surface area (Å²) in [6.07, 6.45) is -3.52. The number of nitrogens with one attached hydrogen (secondary N) is 2. The summed E-state index contributed by atoms with van der Waals surface area (Å²) in [4.78, 5) is 8.37. The third kappa shape index (κ3) is 5.76. The van der Waals surface area contributed by atoms with Crippen LogP contribution in [0.1, 0.15) is 30.3 Å². The Morgan fingerprint density at radius 1 is 0.796 bits per heavy atom. The van der Waals surface area contributed by atoms with Gasteiger partial charge in [0.1, 0.15) is 0 Å². The van der Waals surface area contributed by atoms with Crippen LogP contribution in [0.5, 0.6) is 6.01 Å². The lowest BCUT2D eigenvalue weighted by Crippen LogP contribution is -2.11. The molecule has 49 heavy (non-hydrogen) atoms. The second kappa shape index (κ2) is 12.3. The molecule has 11 nitrogen and oxygen atoms in total. The van der Waals surface area contributed by atoms with Crippen LogP contribution in [-0.2, 0) is 12.6 Å². The van der Waals surface area contributed by atoms with Gasteiger partial charge < -0.3 is 4.74 Å². The fraction of sp³-hybridized carbons (Fsp3) is 0.161. The van der Waals surface area contributed by atoms with Gasteiger partial charge >= 0.3 is 12.2 Å². The van der Waals surface area contributed by atoms with Gasteiger partial charge in [-0.3, -0.25) is 10.2 Å². The van der Waals surface area contributed by atoms with E-state index in [0.717, 1.165) is 16.0 Å². The van der Waals surface area contributed by atoms with Crippen molar-refractivity contribution in [1.82, 2.24) is 49.6 Å². The second-order valence-corrected chi connectivity index (χ2v) is 11.5. The van der Waals surface area contributed by atoms with E-state index in [4.69, 9.17) is 27.9 Å². The number of benzene rings is 2. The Kier molecular flexibility index (Phi) is 8.07. The zero-order chi connectivity index (χ0) is 34.6. The van der Waals surface area contributed by atoms with E-state index >= 15 is 0 Å². The van der Waals surface area contributed by atoms with E-state index < -0.39 is 18.2 Å². The van der Waals surface area contributed by atoms with E-state index in [1.165, 1.54) is 36.0 Å². The SMILES string of the molecule is CCc1nc2ccc(C(F)F)c(-c3cc(Cl)c4[nH]ncc4c3)n2n1.COc1nc2ccc(C(F)(F)F)c(-c3cc(Cl)c4[nH]ncc4c3)n2n1. The molecule has 0 fully saturated rings. The Morgan fingerprint density at radius 2 is 1.37 bits per heavy atom. The first-order chi connectivity index (χ1) is 23.5.